The van der Waals surface area contributed by atoms with Crippen molar-refractivity contribution in [2.24, 2.45) is 17.8 Å². The van der Waals surface area contributed by atoms with Crippen molar-refractivity contribution in [1.82, 2.24) is 26.5 Å². The largest absolute Gasteiger partial charge is 0.446 e. The number of amides is 2. The van der Waals surface area contributed by atoms with E-state index >= 15 is 0 Å². The van der Waals surface area contributed by atoms with Crippen molar-refractivity contribution in [3.63, 3.8) is 0 Å². The lowest BCUT2D eigenvalue weighted by Gasteiger charge is -2.18. The molecule has 0 bridgehead atoms. The van der Waals surface area contributed by atoms with Crippen LogP contribution in [0.25, 0.3) is 0 Å². The number of carbonyl (C=O) groups is 2. The monoisotopic (exact) mass is 485 g/mol. The van der Waals surface area contributed by atoms with Crippen LogP contribution >= 0.6 is 0 Å². The predicted octanol–water partition coefficient (Wildman–Crippen LogP) is 1.47. The number of aliphatic hydroxyl groups excluding tert-OH is 1. The molecular formula is C22H30F3N5O4. The van der Waals surface area contributed by atoms with Gasteiger partial charge in [-0.15, -0.1) is 0 Å². The Bertz CT molecular complexity index is 869. The summed E-state index contributed by atoms with van der Waals surface area (Å²) in [6.07, 6.45) is -0.417. The van der Waals surface area contributed by atoms with Gasteiger partial charge in [0, 0.05) is 25.4 Å². The van der Waals surface area contributed by atoms with Gasteiger partial charge in [-0.3, -0.25) is 15.2 Å². The lowest BCUT2D eigenvalue weighted by atomic mass is 9.96. The number of rotatable bonds is 8. The summed E-state index contributed by atoms with van der Waals surface area (Å²) in [5.74, 6) is 0.598. The predicted molar refractivity (Wildman–Crippen MR) is 114 cm³/mol. The third-order valence-electron chi connectivity index (χ3n) is 6.83. The molecule has 3 fully saturated rings. The first-order valence-electron chi connectivity index (χ1n) is 11.6. The molecule has 5 N–H and O–H groups in total. The van der Waals surface area contributed by atoms with E-state index in [1.165, 1.54) is 6.07 Å². The highest BCUT2D eigenvalue weighted by atomic mass is 19.4. The number of pyridine rings is 1. The average Bonchev–Trinajstić information content (AvgIpc) is 3.13. The van der Waals surface area contributed by atoms with E-state index in [1.54, 1.807) is 0 Å². The molecule has 4 rings (SSSR count). The van der Waals surface area contributed by atoms with Crippen molar-refractivity contribution in [2.75, 3.05) is 13.2 Å². The Kier molecular flexibility index (Phi) is 7.58. The molecule has 1 aliphatic heterocycles. The van der Waals surface area contributed by atoms with Crippen LogP contribution in [0.4, 0.5) is 18.0 Å². The summed E-state index contributed by atoms with van der Waals surface area (Å²) in [6, 6.07) is 2.22. The van der Waals surface area contributed by atoms with Gasteiger partial charge in [0.15, 0.2) is 0 Å². The van der Waals surface area contributed by atoms with Crippen LogP contribution in [0.5, 0.6) is 0 Å². The van der Waals surface area contributed by atoms with E-state index in [-0.39, 0.29) is 49.1 Å². The van der Waals surface area contributed by atoms with Crippen molar-refractivity contribution >= 4 is 12.0 Å². The zero-order chi connectivity index (χ0) is 24.3. The summed E-state index contributed by atoms with van der Waals surface area (Å²) in [6.45, 7) is 0.681. The normalized spacial score (nSPS) is 30.7. The number of ether oxygens (including phenoxy) is 1. The molecule has 9 nitrogen and oxygen atoms in total. The number of nitrogens with one attached hydrogen (secondary N) is 4. The summed E-state index contributed by atoms with van der Waals surface area (Å²) in [5, 5.41) is 14.7. The van der Waals surface area contributed by atoms with E-state index in [1.807, 2.05) is 0 Å². The van der Waals surface area contributed by atoms with Gasteiger partial charge in [0.25, 0.3) is 0 Å². The molecule has 1 aromatic heterocycles. The number of hydrogen-bond donors (Lipinski definition) is 5. The second kappa shape index (κ2) is 10.4. The van der Waals surface area contributed by atoms with Gasteiger partial charge in [-0.1, -0.05) is 6.07 Å². The fraction of sp³-hybridized carbons (Fsp3) is 0.682. The van der Waals surface area contributed by atoms with Crippen LogP contribution in [-0.2, 0) is 22.1 Å². The maximum Gasteiger partial charge on any atom is 0.433 e. The molecule has 12 heteroatoms. The van der Waals surface area contributed by atoms with Crippen LogP contribution in [-0.4, -0.2) is 53.6 Å². The molecule has 0 aromatic carbocycles. The topological polar surface area (TPSA) is 125 Å². The number of alkyl halides is 3. The molecule has 0 spiro atoms. The lowest BCUT2D eigenvalue weighted by molar-refractivity contribution is -0.141. The molecule has 2 heterocycles. The number of hydrogen-bond acceptors (Lipinski definition) is 7. The molecule has 34 heavy (non-hydrogen) atoms. The van der Waals surface area contributed by atoms with Crippen molar-refractivity contribution in [1.29, 1.82) is 0 Å². The number of aliphatic hydroxyl groups is 1. The highest BCUT2D eigenvalue weighted by Crippen LogP contribution is 2.37. The van der Waals surface area contributed by atoms with Crippen molar-refractivity contribution in [3.05, 3.63) is 29.6 Å². The molecule has 2 aliphatic carbocycles. The van der Waals surface area contributed by atoms with E-state index in [2.05, 4.69) is 26.5 Å². The number of carbonyl (C=O) groups excluding carboxylic acids is 2. The van der Waals surface area contributed by atoms with Gasteiger partial charge in [0.2, 0.25) is 5.91 Å². The third kappa shape index (κ3) is 6.57. The second-order valence-corrected chi connectivity index (χ2v) is 9.40. The van der Waals surface area contributed by atoms with E-state index in [9.17, 15) is 22.8 Å². The molecule has 1 saturated heterocycles. The van der Waals surface area contributed by atoms with E-state index < -0.39 is 18.0 Å². The third-order valence-corrected chi connectivity index (χ3v) is 6.83. The first-order chi connectivity index (χ1) is 16.2. The van der Waals surface area contributed by atoms with Crippen LogP contribution in [0, 0.1) is 17.8 Å². The average molecular weight is 486 g/mol. The molecule has 3 aliphatic rings. The van der Waals surface area contributed by atoms with Crippen molar-refractivity contribution in [3.8, 4) is 0 Å². The number of hydrazine groups is 1. The van der Waals surface area contributed by atoms with Gasteiger partial charge in [-0.05, 0) is 61.5 Å². The number of halogens is 3. The standard InChI is InChI=1S/C22H30F3N5O4/c23-22(24,25)18-4-1-12(9-26-18)5-20(32)28-19-8-17(29-30-19)13-2-3-16(7-13)34-21(33)27-10-14-6-15(14)11-31/h1,4,9,13-17,19,29-31H,2-3,5-8,10-11H2,(H,27,33)(H,28,32)/t13-,14-,15-,16+,17?,19?/m1/s1. The van der Waals surface area contributed by atoms with Gasteiger partial charge in [0.05, 0.1) is 12.6 Å². The zero-order valence-corrected chi connectivity index (χ0v) is 18.6. The number of nitrogens with zero attached hydrogens (tertiary/aromatic N) is 1. The maximum atomic E-state index is 12.6. The van der Waals surface area contributed by atoms with Crippen LogP contribution in [0.15, 0.2) is 18.3 Å². The Hall–Kier alpha value is -2.44. The van der Waals surface area contributed by atoms with E-state index in [4.69, 9.17) is 9.84 Å². The van der Waals surface area contributed by atoms with Crippen LogP contribution in [0.1, 0.15) is 43.4 Å². The molecule has 2 unspecified atom stereocenters. The van der Waals surface area contributed by atoms with Gasteiger partial charge >= 0.3 is 12.3 Å². The Morgan fingerprint density at radius 3 is 2.65 bits per heavy atom. The summed E-state index contributed by atoms with van der Waals surface area (Å²) >= 11 is 0. The van der Waals surface area contributed by atoms with Gasteiger partial charge in [0.1, 0.15) is 11.8 Å². The van der Waals surface area contributed by atoms with Crippen LogP contribution < -0.4 is 21.5 Å². The minimum Gasteiger partial charge on any atom is -0.446 e. The van der Waals surface area contributed by atoms with E-state index in [0.29, 0.717) is 24.4 Å². The minimum absolute atomic E-state index is 0.0671. The van der Waals surface area contributed by atoms with Gasteiger partial charge < -0.3 is 20.5 Å². The highest BCUT2D eigenvalue weighted by Gasteiger charge is 2.39. The SMILES string of the molecule is O=C(Cc1ccc(C(F)(F)F)nc1)NC1CC([C@@H]2CC[C@H](OC(=O)NC[C@H]3C[C@@H]3CO)C2)NN1. The van der Waals surface area contributed by atoms with E-state index in [0.717, 1.165) is 37.9 Å². The molecule has 0 radical (unpaired) electrons. The summed E-state index contributed by atoms with van der Waals surface area (Å²) in [4.78, 5) is 27.7. The molecular weight excluding hydrogens is 455 g/mol. The molecule has 2 amide bonds. The molecule has 2 saturated carbocycles. The molecule has 1 aromatic rings. The zero-order valence-electron chi connectivity index (χ0n) is 18.6. The Morgan fingerprint density at radius 2 is 1.97 bits per heavy atom. The first kappa shape index (κ1) is 24.7. The fourth-order valence-corrected chi connectivity index (χ4v) is 4.75. The van der Waals surface area contributed by atoms with Crippen molar-refractivity contribution < 1.29 is 32.6 Å². The highest BCUT2D eigenvalue weighted by molar-refractivity contribution is 5.78. The Labute approximate surface area is 195 Å². The number of alkyl carbamates (subject to hydrolysis) is 1. The summed E-state index contributed by atoms with van der Waals surface area (Å²) < 4.78 is 43.3. The molecule has 6 atom stereocenters. The quantitative estimate of drug-likeness (QED) is 0.378. The molecule has 188 valence electrons. The first-order valence-corrected chi connectivity index (χ1v) is 11.6. The lowest BCUT2D eigenvalue weighted by Crippen LogP contribution is -2.45. The fourth-order valence-electron chi connectivity index (χ4n) is 4.75. The Balaban J connectivity index is 1.14. The van der Waals surface area contributed by atoms with Crippen LogP contribution in [0.2, 0.25) is 0 Å². The number of aromatic nitrogens is 1. The smallest absolute Gasteiger partial charge is 0.433 e. The van der Waals surface area contributed by atoms with Gasteiger partial charge in [-0.25, -0.2) is 10.2 Å². The summed E-state index contributed by atoms with van der Waals surface area (Å²) in [5.41, 5.74) is 5.65. The van der Waals surface area contributed by atoms with Crippen molar-refractivity contribution in [2.45, 2.75) is 63.0 Å². The Morgan fingerprint density at radius 1 is 1.15 bits per heavy atom. The summed E-state index contributed by atoms with van der Waals surface area (Å²) in [7, 11) is 0. The van der Waals surface area contributed by atoms with Crippen LogP contribution in [0.3, 0.4) is 0 Å². The maximum absolute atomic E-state index is 12.6. The minimum atomic E-state index is -4.51. The second-order valence-electron chi connectivity index (χ2n) is 9.40. The van der Waals surface area contributed by atoms with Gasteiger partial charge in [-0.2, -0.15) is 13.2 Å².